The first-order valence-corrected chi connectivity index (χ1v) is 11.9. The molecule has 33 heavy (non-hydrogen) atoms. The van der Waals surface area contributed by atoms with Crippen LogP contribution in [0.5, 0.6) is 5.75 Å². The number of rotatable bonds is 9. The molecule has 1 spiro atoms. The molecule has 1 amide bonds. The van der Waals surface area contributed by atoms with Crippen molar-refractivity contribution in [3.63, 3.8) is 0 Å². The van der Waals surface area contributed by atoms with Crippen molar-refractivity contribution in [2.75, 3.05) is 46.1 Å². The van der Waals surface area contributed by atoms with Crippen molar-refractivity contribution in [2.45, 2.75) is 32.9 Å². The van der Waals surface area contributed by atoms with Crippen molar-refractivity contribution in [2.24, 2.45) is 11.3 Å². The highest BCUT2D eigenvalue weighted by atomic mass is 16.5. The fourth-order valence-corrected chi connectivity index (χ4v) is 5.25. The van der Waals surface area contributed by atoms with E-state index in [0.29, 0.717) is 13.1 Å². The van der Waals surface area contributed by atoms with Crippen molar-refractivity contribution in [3.05, 3.63) is 59.9 Å². The van der Waals surface area contributed by atoms with E-state index in [1.54, 1.807) is 12.4 Å². The summed E-state index contributed by atoms with van der Waals surface area (Å²) in [4.78, 5) is 22.3. The highest BCUT2D eigenvalue weighted by molar-refractivity contribution is 5.80. The van der Waals surface area contributed by atoms with Gasteiger partial charge in [-0.25, -0.2) is 0 Å². The maximum atomic E-state index is 13.8. The number of nitrogens with zero attached hydrogens (tertiary/aromatic N) is 3. The standard InChI is InChI=1S/C26H35N3O4/c1-2-29(18-21-6-10-27-11-7-21)25(31)24-19-28(20-26(24)8-13-32-14-9-26)17-22-4-3-5-23(16-22)33-15-12-30/h3-7,10-11,16,24,30H,2,8-9,12-15,17-20H2,1H3. The Morgan fingerprint density at radius 3 is 2.76 bits per heavy atom. The molecular weight excluding hydrogens is 418 g/mol. The molecule has 1 unspecified atom stereocenters. The molecule has 2 aromatic rings. The quantitative estimate of drug-likeness (QED) is 0.629. The molecule has 1 aromatic carbocycles. The summed E-state index contributed by atoms with van der Waals surface area (Å²) in [6, 6.07) is 12.0. The normalized spacial score (nSPS) is 20.1. The first kappa shape index (κ1) is 23.7. The number of hydrogen-bond acceptors (Lipinski definition) is 6. The van der Waals surface area contributed by atoms with E-state index >= 15 is 0 Å². The molecular formula is C26H35N3O4. The van der Waals surface area contributed by atoms with Gasteiger partial charge in [-0.2, -0.15) is 0 Å². The maximum absolute atomic E-state index is 13.8. The smallest absolute Gasteiger partial charge is 0.227 e. The molecule has 4 rings (SSSR count). The Morgan fingerprint density at radius 2 is 2.03 bits per heavy atom. The minimum absolute atomic E-state index is 0.00183. The summed E-state index contributed by atoms with van der Waals surface area (Å²) < 4.78 is 11.3. The van der Waals surface area contributed by atoms with Crippen LogP contribution in [-0.4, -0.2) is 71.9 Å². The minimum atomic E-state index is -0.0357. The molecule has 3 heterocycles. The molecule has 2 aliphatic heterocycles. The number of aromatic nitrogens is 1. The van der Waals surface area contributed by atoms with Crippen molar-refractivity contribution in [3.8, 4) is 5.75 Å². The molecule has 7 nitrogen and oxygen atoms in total. The Morgan fingerprint density at radius 1 is 1.24 bits per heavy atom. The molecule has 0 saturated carbocycles. The lowest BCUT2D eigenvalue weighted by molar-refractivity contribution is -0.141. The molecule has 1 aromatic heterocycles. The van der Waals surface area contributed by atoms with Gasteiger partial charge in [-0.3, -0.25) is 14.7 Å². The zero-order valence-electron chi connectivity index (χ0n) is 19.5. The van der Waals surface area contributed by atoms with E-state index in [4.69, 9.17) is 14.6 Å². The maximum Gasteiger partial charge on any atom is 0.227 e. The van der Waals surface area contributed by atoms with Crippen LogP contribution in [0.4, 0.5) is 0 Å². The van der Waals surface area contributed by atoms with Gasteiger partial charge in [-0.05, 0) is 55.2 Å². The van der Waals surface area contributed by atoms with Crippen LogP contribution in [0.1, 0.15) is 30.9 Å². The second-order valence-corrected chi connectivity index (χ2v) is 9.12. The zero-order valence-corrected chi connectivity index (χ0v) is 19.5. The number of pyridine rings is 1. The summed E-state index contributed by atoms with van der Waals surface area (Å²) >= 11 is 0. The second-order valence-electron chi connectivity index (χ2n) is 9.12. The van der Waals surface area contributed by atoms with Gasteiger partial charge in [0.05, 0.1) is 12.5 Å². The SMILES string of the molecule is CCN(Cc1ccncc1)C(=O)C1CN(Cc2cccc(OCCO)c2)CC12CCOCC2. The van der Waals surface area contributed by atoms with Gasteiger partial charge < -0.3 is 19.5 Å². The van der Waals surface area contributed by atoms with E-state index in [9.17, 15) is 4.79 Å². The summed E-state index contributed by atoms with van der Waals surface area (Å²) in [5.41, 5.74) is 2.23. The number of hydrogen-bond donors (Lipinski definition) is 1. The molecule has 178 valence electrons. The third-order valence-electron chi connectivity index (χ3n) is 6.99. The number of ether oxygens (including phenoxy) is 2. The largest absolute Gasteiger partial charge is 0.491 e. The molecule has 7 heteroatoms. The Hall–Kier alpha value is -2.48. The average Bonchev–Trinajstić information content (AvgIpc) is 3.18. The molecule has 1 atom stereocenters. The molecule has 2 fully saturated rings. The fourth-order valence-electron chi connectivity index (χ4n) is 5.25. The van der Waals surface area contributed by atoms with Crippen molar-refractivity contribution < 1.29 is 19.4 Å². The van der Waals surface area contributed by atoms with Crippen LogP contribution in [0.3, 0.4) is 0 Å². The van der Waals surface area contributed by atoms with Gasteiger partial charge in [-0.15, -0.1) is 0 Å². The van der Waals surface area contributed by atoms with Gasteiger partial charge in [0.1, 0.15) is 12.4 Å². The van der Waals surface area contributed by atoms with E-state index < -0.39 is 0 Å². The fraction of sp³-hybridized carbons (Fsp3) is 0.538. The number of aliphatic hydroxyl groups excluding tert-OH is 1. The van der Waals surface area contributed by atoms with Crippen LogP contribution in [0.15, 0.2) is 48.8 Å². The summed E-state index contributed by atoms with van der Waals surface area (Å²) in [6.45, 7) is 7.53. The third-order valence-corrected chi connectivity index (χ3v) is 6.99. The number of carbonyl (C=O) groups excluding carboxylic acids is 1. The molecule has 0 aliphatic carbocycles. The van der Waals surface area contributed by atoms with Crippen molar-refractivity contribution in [1.82, 2.24) is 14.8 Å². The lowest BCUT2D eigenvalue weighted by Gasteiger charge is -2.39. The summed E-state index contributed by atoms with van der Waals surface area (Å²) in [5.74, 6) is 0.986. The van der Waals surface area contributed by atoms with Crippen molar-refractivity contribution in [1.29, 1.82) is 0 Å². The number of likely N-dealkylation sites (tertiary alicyclic amines) is 1. The number of amides is 1. The van der Waals surface area contributed by atoms with Crippen molar-refractivity contribution >= 4 is 5.91 Å². The van der Waals surface area contributed by atoms with Crippen LogP contribution >= 0.6 is 0 Å². The number of aliphatic hydroxyl groups is 1. The highest BCUT2D eigenvalue weighted by Gasteiger charge is 2.51. The lowest BCUT2D eigenvalue weighted by Crippen LogP contribution is -2.46. The van der Waals surface area contributed by atoms with Gasteiger partial charge in [0.2, 0.25) is 5.91 Å². The van der Waals surface area contributed by atoms with E-state index in [1.807, 2.05) is 35.2 Å². The predicted octanol–water partition coefficient (Wildman–Crippen LogP) is 2.73. The Balaban J connectivity index is 1.49. The van der Waals surface area contributed by atoms with Gasteiger partial charge in [0.25, 0.3) is 0 Å². The average molecular weight is 454 g/mol. The Kier molecular flexibility index (Phi) is 7.96. The monoisotopic (exact) mass is 453 g/mol. The van der Waals surface area contributed by atoms with E-state index in [-0.39, 0.29) is 30.5 Å². The van der Waals surface area contributed by atoms with E-state index in [0.717, 1.165) is 62.6 Å². The second kappa shape index (κ2) is 11.1. The summed E-state index contributed by atoms with van der Waals surface area (Å²) in [5, 5.41) is 9.02. The van der Waals surface area contributed by atoms with Gasteiger partial charge in [0, 0.05) is 63.7 Å². The first-order chi connectivity index (χ1) is 16.1. The Labute approximate surface area is 196 Å². The number of benzene rings is 1. The molecule has 2 saturated heterocycles. The molecule has 2 aliphatic rings. The summed E-state index contributed by atoms with van der Waals surface area (Å²) in [7, 11) is 0. The number of carbonyl (C=O) groups is 1. The van der Waals surface area contributed by atoms with Crippen LogP contribution in [-0.2, 0) is 22.6 Å². The van der Waals surface area contributed by atoms with Gasteiger partial charge in [-0.1, -0.05) is 12.1 Å². The highest BCUT2D eigenvalue weighted by Crippen LogP contribution is 2.45. The lowest BCUT2D eigenvalue weighted by atomic mass is 9.71. The predicted molar refractivity (Wildman–Crippen MR) is 126 cm³/mol. The van der Waals surface area contributed by atoms with Crippen LogP contribution in [0, 0.1) is 11.3 Å². The van der Waals surface area contributed by atoms with Gasteiger partial charge in [0.15, 0.2) is 0 Å². The topological polar surface area (TPSA) is 75.1 Å². The molecule has 1 N–H and O–H groups in total. The molecule has 0 radical (unpaired) electrons. The van der Waals surface area contributed by atoms with E-state index in [1.165, 1.54) is 0 Å². The zero-order chi connectivity index (χ0) is 23.1. The van der Waals surface area contributed by atoms with Crippen LogP contribution < -0.4 is 4.74 Å². The van der Waals surface area contributed by atoms with E-state index in [2.05, 4.69) is 22.9 Å². The molecule has 0 bridgehead atoms. The van der Waals surface area contributed by atoms with Crippen LogP contribution in [0.2, 0.25) is 0 Å². The van der Waals surface area contributed by atoms with Gasteiger partial charge >= 0.3 is 0 Å². The summed E-state index contributed by atoms with van der Waals surface area (Å²) in [6.07, 6.45) is 5.41. The minimum Gasteiger partial charge on any atom is -0.491 e. The Bertz CT molecular complexity index is 901. The van der Waals surface area contributed by atoms with Crippen LogP contribution in [0.25, 0.3) is 0 Å². The first-order valence-electron chi connectivity index (χ1n) is 11.9. The third kappa shape index (κ3) is 5.72.